The molecule has 38 heavy (non-hydrogen) atoms. The van der Waals surface area contributed by atoms with Gasteiger partial charge < -0.3 is 20.1 Å². The molecule has 1 fully saturated rings. The number of hydrogen-bond donors (Lipinski definition) is 2. The van der Waals surface area contributed by atoms with Crippen LogP contribution in [-0.2, 0) is 6.18 Å². The van der Waals surface area contributed by atoms with E-state index in [-0.39, 0.29) is 18.7 Å². The molecule has 200 valence electrons. The molecule has 7 nitrogen and oxygen atoms in total. The van der Waals surface area contributed by atoms with Crippen molar-refractivity contribution < 1.29 is 22.5 Å². The van der Waals surface area contributed by atoms with Crippen LogP contribution in [0.4, 0.5) is 24.8 Å². The predicted molar refractivity (Wildman–Crippen MR) is 144 cm³/mol. The first-order valence-corrected chi connectivity index (χ1v) is 12.8. The maximum absolute atomic E-state index is 13.2. The van der Waals surface area contributed by atoms with E-state index < -0.39 is 17.6 Å². The zero-order valence-electron chi connectivity index (χ0n) is 20.8. The number of rotatable bonds is 4. The van der Waals surface area contributed by atoms with Gasteiger partial charge in [-0.05, 0) is 54.9 Å². The van der Waals surface area contributed by atoms with E-state index >= 15 is 0 Å². The summed E-state index contributed by atoms with van der Waals surface area (Å²) in [5.74, 6) is 6.72. The lowest BCUT2D eigenvalue weighted by molar-refractivity contribution is -0.138. The van der Waals surface area contributed by atoms with Crippen LogP contribution in [0, 0.1) is 11.8 Å². The average molecular weight is 544 g/mol. The molecular weight excluding hydrogens is 515 g/mol. The molecule has 1 amide bonds. The molecule has 1 aliphatic rings. The van der Waals surface area contributed by atoms with Crippen LogP contribution < -0.4 is 10.6 Å². The Kier molecular flexibility index (Phi) is 10.4. The normalized spacial score (nSPS) is 13.2. The van der Waals surface area contributed by atoms with Gasteiger partial charge in [0.2, 0.25) is 5.95 Å². The fraction of sp³-hybridized carbons (Fsp3) is 0.296. The number of carbonyl (C=O) groups excluding carboxylic acids is 1. The van der Waals surface area contributed by atoms with E-state index in [1.54, 1.807) is 24.5 Å². The van der Waals surface area contributed by atoms with Crippen LogP contribution in [0.1, 0.15) is 40.4 Å². The highest BCUT2D eigenvalue weighted by Gasteiger charge is 2.36. The summed E-state index contributed by atoms with van der Waals surface area (Å²) in [4.78, 5) is 24.7. The van der Waals surface area contributed by atoms with Gasteiger partial charge in [-0.25, -0.2) is 9.97 Å². The van der Waals surface area contributed by atoms with Crippen LogP contribution in [0.3, 0.4) is 0 Å². The molecule has 0 bridgehead atoms. The summed E-state index contributed by atoms with van der Waals surface area (Å²) in [5, 5.41) is 0. The number of alkyl halides is 3. The Hall–Kier alpha value is -3.75. The van der Waals surface area contributed by atoms with E-state index in [2.05, 4.69) is 21.8 Å². The van der Waals surface area contributed by atoms with E-state index in [1.807, 2.05) is 24.0 Å². The van der Waals surface area contributed by atoms with Gasteiger partial charge in [-0.15, -0.1) is 0 Å². The maximum atomic E-state index is 13.2. The summed E-state index contributed by atoms with van der Waals surface area (Å²) < 4.78 is 47.7. The lowest BCUT2D eigenvalue weighted by Crippen LogP contribution is -2.49. The topological polar surface area (TPSA) is 95.6 Å². The van der Waals surface area contributed by atoms with Crippen LogP contribution in [0.5, 0.6) is 0 Å². The van der Waals surface area contributed by atoms with Gasteiger partial charge in [-0.1, -0.05) is 30.9 Å². The van der Waals surface area contributed by atoms with Crippen molar-refractivity contribution in [3.05, 3.63) is 83.2 Å². The second-order valence-electron chi connectivity index (χ2n) is 8.30. The molecule has 0 radical (unpaired) electrons. The molecule has 11 heteroatoms. The fourth-order valence-corrected chi connectivity index (χ4v) is 3.73. The first-order chi connectivity index (χ1) is 18.2. The number of carbonyl (C=O) groups is 1. The highest BCUT2D eigenvalue weighted by Crippen LogP contribution is 2.32. The van der Waals surface area contributed by atoms with Crippen LogP contribution in [-0.4, -0.2) is 57.3 Å². The number of anilines is 2. The number of nitrogens with two attached hydrogens (primary N) is 1. The lowest BCUT2D eigenvalue weighted by atomic mass is 10.1. The summed E-state index contributed by atoms with van der Waals surface area (Å²) in [6.07, 6.45) is -0.297. The van der Waals surface area contributed by atoms with Crippen molar-refractivity contribution in [2.45, 2.75) is 19.5 Å². The van der Waals surface area contributed by atoms with Crippen molar-refractivity contribution in [3.63, 3.8) is 0 Å². The van der Waals surface area contributed by atoms with E-state index in [0.29, 0.717) is 30.3 Å². The highest BCUT2D eigenvalue weighted by atomic mass is 32.2. The number of nitrogens with zero attached hydrogens (tertiary/aromatic N) is 4. The Bertz CT molecular complexity index is 1250. The third-order valence-electron chi connectivity index (χ3n) is 5.51. The summed E-state index contributed by atoms with van der Waals surface area (Å²) >= 11 is 0.902. The third kappa shape index (κ3) is 8.13. The zero-order valence-corrected chi connectivity index (χ0v) is 21.6. The first kappa shape index (κ1) is 28.8. The molecule has 3 N–H and O–H groups in total. The Morgan fingerprint density at radius 3 is 2.16 bits per heavy atom. The second-order valence-corrected chi connectivity index (χ2v) is 8.97. The van der Waals surface area contributed by atoms with Gasteiger partial charge in [-0.3, -0.25) is 4.79 Å². The van der Waals surface area contributed by atoms with Gasteiger partial charge in [0.25, 0.3) is 5.91 Å². The molecule has 4 rings (SSSR count). The Morgan fingerprint density at radius 1 is 1.00 bits per heavy atom. The second kappa shape index (κ2) is 13.7. The quantitative estimate of drug-likeness (QED) is 0.270. The summed E-state index contributed by atoms with van der Waals surface area (Å²) in [7, 11) is 0. The molecule has 2 aromatic carbocycles. The monoisotopic (exact) mass is 543 g/mol. The molecule has 1 saturated heterocycles. The van der Waals surface area contributed by atoms with E-state index in [4.69, 9.17) is 10.3 Å². The lowest BCUT2D eigenvalue weighted by Gasteiger charge is -2.35. The van der Waals surface area contributed by atoms with Crippen molar-refractivity contribution in [1.82, 2.24) is 14.9 Å². The number of benzene rings is 2. The van der Waals surface area contributed by atoms with E-state index in [1.165, 1.54) is 23.1 Å². The minimum absolute atomic E-state index is 0.271. The fourth-order valence-electron chi connectivity index (χ4n) is 3.55. The number of hydrogen-bond acceptors (Lipinski definition) is 7. The molecular formula is C27H28F3N5O2S. The minimum Gasteiger partial charge on any atom is -0.399 e. The number of nitrogen functional groups attached to an aromatic ring is 1. The van der Waals surface area contributed by atoms with E-state index in [9.17, 15) is 18.0 Å². The minimum atomic E-state index is -4.58. The van der Waals surface area contributed by atoms with Gasteiger partial charge in [-0.2, -0.15) is 13.2 Å². The molecule has 0 aliphatic carbocycles. The summed E-state index contributed by atoms with van der Waals surface area (Å²) in [5.41, 5.74) is 6.54. The van der Waals surface area contributed by atoms with Gasteiger partial charge in [0.1, 0.15) is 0 Å². The number of piperazine rings is 1. The van der Waals surface area contributed by atoms with Gasteiger partial charge in [0.05, 0.1) is 16.7 Å². The third-order valence-corrected chi connectivity index (χ3v) is 6.10. The molecule has 0 saturated carbocycles. The molecule has 1 aliphatic heterocycles. The van der Waals surface area contributed by atoms with Crippen LogP contribution >= 0.6 is 12.0 Å². The smallest absolute Gasteiger partial charge is 0.399 e. The van der Waals surface area contributed by atoms with Crippen molar-refractivity contribution >= 4 is 29.6 Å². The van der Waals surface area contributed by atoms with E-state index in [0.717, 1.165) is 35.8 Å². The first-order valence-electron chi connectivity index (χ1n) is 11.9. The number of amides is 1. The van der Waals surface area contributed by atoms with Crippen LogP contribution in [0.15, 0.2) is 60.9 Å². The van der Waals surface area contributed by atoms with Crippen molar-refractivity contribution in [3.8, 4) is 11.8 Å². The zero-order chi connectivity index (χ0) is 27.5. The molecule has 0 spiro atoms. The van der Waals surface area contributed by atoms with Gasteiger partial charge >= 0.3 is 6.18 Å². The molecule has 0 atom stereocenters. The largest absolute Gasteiger partial charge is 0.417 e. The van der Waals surface area contributed by atoms with Crippen molar-refractivity contribution in [2.75, 3.05) is 42.6 Å². The summed E-state index contributed by atoms with van der Waals surface area (Å²) in [6, 6.07) is 12.0. The Balaban J connectivity index is 0.000000732. The Morgan fingerprint density at radius 2 is 1.61 bits per heavy atom. The molecule has 2 heterocycles. The van der Waals surface area contributed by atoms with Gasteiger partial charge in [0.15, 0.2) is 0 Å². The molecule has 3 aromatic rings. The predicted octanol–water partition coefficient (Wildman–Crippen LogP) is 5.04. The van der Waals surface area contributed by atoms with Gasteiger partial charge in [0, 0.05) is 55.6 Å². The SMILES string of the molecule is CCCSO.Nc1ccc(C#Cc2cnc(N3CCN(C(=O)c4ccccc4C(F)(F)F)CC3)nc2)cc1. The molecule has 1 aromatic heterocycles. The average Bonchev–Trinajstić information content (AvgIpc) is 2.93. The molecule has 0 unspecified atom stereocenters. The number of aromatic nitrogens is 2. The standard InChI is InChI=1S/C24H20F3N5O.C3H8OS/c25-24(26,27)21-4-2-1-3-20(21)22(33)31-11-13-32(14-12-31)23-29-15-18(16-30-23)6-5-17-7-9-19(28)10-8-17;1-2-3-5-4/h1-4,7-10,15-16H,11-14,28H2;4H,2-3H2,1H3. The van der Waals surface area contributed by atoms with Crippen molar-refractivity contribution in [1.29, 1.82) is 0 Å². The van der Waals surface area contributed by atoms with Crippen LogP contribution in [0.25, 0.3) is 0 Å². The highest BCUT2D eigenvalue weighted by molar-refractivity contribution is 7.93. The number of halogens is 3. The van der Waals surface area contributed by atoms with Crippen LogP contribution in [0.2, 0.25) is 0 Å². The summed E-state index contributed by atoms with van der Waals surface area (Å²) in [6.45, 7) is 3.40. The maximum Gasteiger partial charge on any atom is 0.417 e. The Labute approximate surface area is 224 Å². The van der Waals surface area contributed by atoms with Crippen molar-refractivity contribution in [2.24, 2.45) is 0 Å².